The minimum absolute atomic E-state index is 0.113. The lowest BCUT2D eigenvalue weighted by atomic mass is 9.92. The molecule has 1 aliphatic rings. The van der Waals surface area contributed by atoms with Crippen molar-refractivity contribution in [1.29, 1.82) is 0 Å². The van der Waals surface area contributed by atoms with E-state index in [9.17, 15) is 4.39 Å². The van der Waals surface area contributed by atoms with Crippen molar-refractivity contribution in [2.75, 3.05) is 7.05 Å². The molecular formula is C15H15ClFN3. The van der Waals surface area contributed by atoms with Gasteiger partial charge >= 0.3 is 0 Å². The van der Waals surface area contributed by atoms with Gasteiger partial charge in [0.05, 0.1) is 5.02 Å². The normalized spacial score (nSPS) is 17.9. The number of aromatic nitrogens is 2. The number of nitrogens with one attached hydrogen (secondary N) is 1. The number of halogens is 2. The summed E-state index contributed by atoms with van der Waals surface area (Å²) in [6.45, 7) is 0. The summed E-state index contributed by atoms with van der Waals surface area (Å²) >= 11 is 5.70. The van der Waals surface area contributed by atoms with E-state index in [1.807, 2.05) is 13.2 Å². The van der Waals surface area contributed by atoms with E-state index in [-0.39, 0.29) is 5.02 Å². The van der Waals surface area contributed by atoms with Gasteiger partial charge in [-0.25, -0.2) is 14.4 Å². The molecule has 0 bridgehead atoms. The number of hydrogen-bond donors (Lipinski definition) is 1. The molecule has 1 atom stereocenters. The standard InChI is InChI=1S/C15H15ClFN3/c1-18-13-3-2-4-14-10(13)8-19-15(20-14)9-5-6-11(16)12(17)7-9/h5-8,13,18H,2-4H2,1H3. The van der Waals surface area contributed by atoms with Crippen LogP contribution in [0.2, 0.25) is 5.02 Å². The summed E-state index contributed by atoms with van der Waals surface area (Å²) in [6.07, 6.45) is 5.00. The summed E-state index contributed by atoms with van der Waals surface area (Å²) in [5, 5.41) is 3.39. The molecule has 5 heteroatoms. The van der Waals surface area contributed by atoms with Gasteiger partial charge in [-0.15, -0.1) is 0 Å². The fourth-order valence-electron chi connectivity index (χ4n) is 2.62. The number of benzene rings is 1. The third-order valence-electron chi connectivity index (χ3n) is 3.71. The first kappa shape index (κ1) is 13.5. The van der Waals surface area contributed by atoms with Crippen molar-refractivity contribution in [3.05, 3.63) is 46.5 Å². The zero-order valence-electron chi connectivity index (χ0n) is 11.2. The van der Waals surface area contributed by atoms with Crippen LogP contribution in [0, 0.1) is 5.82 Å². The van der Waals surface area contributed by atoms with Gasteiger partial charge in [-0.05, 0) is 44.5 Å². The monoisotopic (exact) mass is 291 g/mol. The quantitative estimate of drug-likeness (QED) is 0.920. The molecule has 0 radical (unpaired) electrons. The molecular weight excluding hydrogens is 277 g/mol. The van der Waals surface area contributed by atoms with Crippen molar-refractivity contribution in [2.45, 2.75) is 25.3 Å². The average Bonchev–Trinajstić information content (AvgIpc) is 2.48. The topological polar surface area (TPSA) is 37.8 Å². The van der Waals surface area contributed by atoms with Crippen LogP contribution in [-0.4, -0.2) is 17.0 Å². The Labute approximate surface area is 122 Å². The average molecular weight is 292 g/mol. The third-order valence-corrected chi connectivity index (χ3v) is 4.01. The molecule has 1 unspecified atom stereocenters. The van der Waals surface area contributed by atoms with E-state index in [0.29, 0.717) is 17.4 Å². The van der Waals surface area contributed by atoms with Crippen molar-refractivity contribution in [3.63, 3.8) is 0 Å². The first-order valence-corrected chi connectivity index (χ1v) is 7.05. The lowest BCUT2D eigenvalue weighted by molar-refractivity contribution is 0.488. The summed E-state index contributed by atoms with van der Waals surface area (Å²) in [6, 6.07) is 4.97. The summed E-state index contributed by atoms with van der Waals surface area (Å²) < 4.78 is 13.5. The van der Waals surface area contributed by atoms with Crippen LogP contribution in [0.5, 0.6) is 0 Å². The predicted molar refractivity (Wildman–Crippen MR) is 77.2 cm³/mol. The zero-order valence-corrected chi connectivity index (χ0v) is 11.9. The van der Waals surface area contributed by atoms with Crippen LogP contribution in [-0.2, 0) is 6.42 Å². The van der Waals surface area contributed by atoms with Gasteiger partial charge in [0.2, 0.25) is 0 Å². The van der Waals surface area contributed by atoms with Crippen LogP contribution >= 0.6 is 11.6 Å². The number of rotatable bonds is 2. The highest BCUT2D eigenvalue weighted by Crippen LogP contribution is 2.29. The van der Waals surface area contributed by atoms with E-state index in [0.717, 1.165) is 30.5 Å². The van der Waals surface area contributed by atoms with Crippen molar-refractivity contribution in [1.82, 2.24) is 15.3 Å². The Hall–Kier alpha value is -1.52. The number of nitrogens with zero attached hydrogens (tertiary/aromatic N) is 2. The van der Waals surface area contributed by atoms with E-state index in [2.05, 4.69) is 15.3 Å². The van der Waals surface area contributed by atoms with Gasteiger partial charge < -0.3 is 5.32 Å². The van der Waals surface area contributed by atoms with Crippen LogP contribution < -0.4 is 5.32 Å². The molecule has 1 aromatic heterocycles. The molecule has 1 aliphatic carbocycles. The SMILES string of the molecule is CNC1CCCc2nc(-c3ccc(Cl)c(F)c3)ncc21. The fourth-order valence-corrected chi connectivity index (χ4v) is 2.74. The fraction of sp³-hybridized carbons (Fsp3) is 0.333. The molecule has 0 saturated heterocycles. The largest absolute Gasteiger partial charge is 0.313 e. The first-order chi connectivity index (χ1) is 9.69. The molecule has 1 aromatic carbocycles. The molecule has 3 rings (SSSR count). The zero-order chi connectivity index (χ0) is 14.1. The summed E-state index contributed by atoms with van der Waals surface area (Å²) in [4.78, 5) is 8.96. The maximum absolute atomic E-state index is 13.5. The Morgan fingerprint density at radius 2 is 2.25 bits per heavy atom. The Balaban J connectivity index is 2.01. The number of fused-ring (bicyclic) bond motifs is 1. The third kappa shape index (κ3) is 2.41. The van der Waals surface area contributed by atoms with E-state index in [4.69, 9.17) is 11.6 Å². The molecule has 0 aliphatic heterocycles. The van der Waals surface area contributed by atoms with Gasteiger partial charge in [0.1, 0.15) is 5.82 Å². The van der Waals surface area contributed by atoms with Crippen molar-refractivity contribution < 1.29 is 4.39 Å². The highest BCUT2D eigenvalue weighted by atomic mass is 35.5. The summed E-state index contributed by atoms with van der Waals surface area (Å²) in [7, 11) is 1.95. The van der Waals surface area contributed by atoms with Gasteiger partial charge in [-0.3, -0.25) is 0 Å². The molecule has 104 valence electrons. The second-order valence-corrected chi connectivity index (χ2v) is 5.37. The molecule has 2 aromatic rings. The maximum atomic E-state index is 13.5. The first-order valence-electron chi connectivity index (χ1n) is 6.67. The van der Waals surface area contributed by atoms with Crippen LogP contribution in [0.15, 0.2) is 24.4 Å². The van der Waals surface area contributed by atoms with Crippen LogP contribution in [0.1, 0.15) is 30.1 Å². The van der Waals surface area contributed by atoms with Crippen molar-refractivity contribution in [2.24, 2.45) is 0 Å². The lowest BCUT2D eigenvalue weighted by Crippen LogP contribution is -2.22. The molecule has 0 fully saturated rings. The van der Waals surface area contributed by atoms with E-state index >= 15 is 0 Å². The van der Waals surface area contributed by atoms with Gasteiger partial charge in [0.15, 0.2) is 5.82 Å². The summed E-state index contributed by atoms with van der Waals surface area (Å²) in [5.74, 6) is 0.106. The second kappa shape index (κ2) is 5.46. The smallest absolute Gasteiger partial charge is 0.159 e. The molecule has 20 heavy (non-hydrogen) atoms. The molecule has 0 saturated carbocycles. The van der Waals surface area contributed by atoms with Crippen LogP contribution in [0.3, 0.4) is 0 Å². The highest BCUT2D eigenvalue weighted by molar-refractivity contribution is 6.30. The van der Waals surface area contributed by atoms with Gasteiger partial charge in [-0.1, -0.05) is 11.6 Å². The van der Waals surface area contributed by atoms with Gasteiger partial charge in [0, 0.05) is 29.1 Å². The predicted octanol–water partition coefficient (Wildman–Crippen LogP) is 3.53. The van der Waals surface area contributed by atoms with Crippen molar-refractivity contribution in [3.8, 4) is 11.4 Å². The Bertz CT molecular complexity index is 645. The van der Waals surface area contributed by atoms with E-state index in [1.54, 1.807) is 6.07 Å². The van der Waals surface area contributed by atoms with Gasteiger partial charge in [-0.2, -0.15) is 0 Å². The molecule has 0 spiro atoms. The lowest BCUT2D eigenvalue weighted by Gasteiger charge is -2.24. The molecule has 1 heterocycles. The Kier molecular flexibility index (Phi) is 3.68. The maximum Gasteiger partial charge on any atom is 0.159 e. The second-order valence-electron chi connectivity index (χ2n) is 4.96. The van der Waals surface area contributed by atoms with Crippen LogP contribution in [0.25, 0.3) is 11.4 Å². The van der Waals surface area contributed by atoms with Crippen molar-refractivity contribution >= 4 is 11.6 Å². The highest BCUT2D eigenvalue weighted by Gasteiger charge is 2.21. The number of aryl methyl sites for hydroxylation is 1. The van der Waals surface area contributed by atoms with E-state index in [1.165, 1.54) is 12.1 Å². The Morgan fingerprint density at radius 3 is 3.00 bits per heavy atom. The molecule has 1 N–H and O–H groups in total. The minimum atomic E-state index is -0.446. The minimum Gasteiger partial charge on any atom is -0.313 e. The molecule has 3 nitrogen and oxygen atoms in total. The van der Waals surface area contributed by atoms with Gasteiger partial charge in [0.25, 0.3) is 0 Å². The van der Waals surface area contributed by atoms with E-state index < -0.39 is 5.82 Å². The number of hydrogen-bond acceptors (Lipinski definition) is 3. The molecule has 0 amide bonds. The van der Waals surface area contributed by atoms with Crippen LogP contribution in [0.4, 0.5) is 4.39 Å². The Morgan fingerprint density at radius 1 is 1.40 bits per heavy atom. The summed E-state index contributed by atoms with van der Waals surface area (Å²) in [5.41, 5.74) is 2.86.